The lowest BCUT2D eigenvalue weighted by Gasteiger charge is -2.54. The molecule has 3 atom stereocenters. The van der Waals surface area contributed by atoms with Gasteiger partial charge in [-0.3, -0.25) is 14.5 Å². The molecule has 0 N–H and O–H groups in total. The van der Waals surface area contributed by atoms with Crippen molar-refractivity contribution in [1.82, 2.24) is 4.90 Å². The zero-order valence-corrected chi connectivity index (χ0v) is 23.4. The molecule has 7 heteroatoms. The lowest BCUT2D eigenvalue weighted by atomic mass is 9.54. The maximum absolute atomic E-state index is 14.5. The van der Waals surface area contributed by atoms with Crippen LogP contribution in [0.15, 0.2) is 109 Å². The molecule has 2 bridgehead atoms. The van der Waals surface area contributed by atoms with E-state index in [-0.39, 0.29) is 13.0 Å². The molecule has 0 spiro atoms. The van der Waals surface area contributed by atoms with Crippen molar-refractivity contribution in [2.75, 3.05) is 0 Å². The second kappa shape index (κ2) is 9.57. The number of rotatable bonds is 6. The number of hydrogen-bond acceptors (Lipinski definition) is 4. The number of nitrogens with zero attached hydrogens (tertiary/aromatic N) is 1. The predicted molar refractivity (Wildman–Crippen MR) is 155 cm³/mol. The van der Waals surface area contributed by atoms with Gasteiger partial charge < -0.3 is 4.74 Å². The van der Waals surface area contributed by atoms with Crippen molar-refractivity contribution in [3.63, 3.8) is 0 Å². The van der Waals surface area contributed by atoms with Crippen LogP contribution in [-0.4, -0.2) is 28.7 Å². The molecular weight excluding hydrogens is 557 g/mol. The molecule has 8 rings (SSSR count). The molecule has 0 unspecified atom stereocenters. The van der Waals surface area contributed by atoms with Crippen molar-refractivity contribution in [1.29, 1.82) is 0 Å². The van der Waals surface area contributed by atoms with Crippen LogP contribution in [0.25, 0.3) is 0 Å². The first-order chi connectivity index (χ1) is 19.9. The Morgan fingerprint density at radius 2 is 1.05 bits per heavy atom. The second-order valence-electron chi connectivity index (χ2n) is 10.8. The van der Waals surface area contributed by atoms with Gasteiger partial charge in [0.05, 0.1) is 11.8 Å². The minimum absolute atomic E-state index is 0.0177. The summed E-state index contributed by atoms with van der Waals surface area (Å²) in [5, 5.41) is 0. The first-order valence-corrected chi connectivity index (χ1v) is 14.3. The Hall–Kier alpha value is -3.93. The molecule has 4 aromatic rings. The van der Waals surface area contributed by atoms with E-state index in [2.05, 4.69) is 0 Å². The summed E-state index contributed by atoms with van der Waals surface area (Å²) in [5.41, 5.74) is 4.45. The minimum atomic E-state index is -1.32. The topological polar surface area (TPSA) is 63.7 Å². The van der Waals surface area contributed by atoms with Crippen molar-refractivity contribution in [3.05, 3.63) is 143 Å². The van der Waals surface area contributed by atoms with Crippen molar-refractivity contribution < 1.29 is 19.1 Å². The molecule has 0 saturated carbocycles. The molecule has 204 valence electrons. The second-order valence-corrected chi connectivity index (χ2v) is 12.0. The molecule has 1 heterocycles. The van der Waals surface area contributed by atoms with Gasteiger partial charge in [-0.15, -0.1) is 23.2 Å². The Kier molecular flexibility index (Phi) is 6.07. The van der Waals surface area contributed by atoms with Gasteiger partial charge in [0.1, 0.15) is 22.4 Å². The third-order valence-electron chi connectivity index (χ3n) is 8.70. The van der Waals surface area contributed by atoms with Crippen LogP contribution in [0, 0.1) is 11.8 Å². The van der Waals surface area contributed by atoms with Gasteiger partial charge in [0.25, 0.3) is 0 Å². The zero-order chi connectivity index (χ0) is 28.4. The summed E-state index contributed by atoms with van der Waals surface area (Å²) >= 11 is 15.1. The van der Waals surface area contributed by atoms with Crippen molar-refractivity contribution >= 4 is 41.0 Å². The number of alkyl halides is 2. The van der Waals surface area contributed by atoms with E-state index >= 15 is 0 Å². The number of halogens is 2. The zero-order valence-electron chi connectivity index (χ0n) is 21.9. The molecule has 2 amide bonds. The fourth-order valence-corrected chi connectivity index (χ4v) is 8.04. The Labute approximate surface area is 247 Å². The van der Waals surface area contributed by atoms with Crippen LogP contribution in [-0.2, 0) is 41.9 Å². The number of esters is 1. The standard InChI is InChI=1S/C34H25Cl2NO4/c35-33-23-15-7-8-16-24(23)34(36,26-18-10-9-17-25(26)33)29-28(33)30(38)37(31(29)39)27(19-21-11-3-1-4-12-21)32(40)41-20-22-13-5-2-6-14-22/h1-18,27-29H,19-20H2/t27-,28-,29-,33?,34?/m0/s1. The average molecular weight is 582 g/mol. The molecule has 4 aliphatic rings. The average Bonchev–Trinajstić information content (AvgIpc) is 3.29. The van der Waals surface area contributed by atoms with E-state index in [1.54, 1.807) is 0 Å². The normalized spacial score (nSPS) is 26.2. The summed E-state index contributed by atoms with van der Waals surface area (Å²) in [4.78, 5) is 41.1. The number of likely N-dealkylation sites (tertiary alicyclic amines) is 1. The van der Waals surface area contributed by atoms with Crippen molar-refractivity contribution in [3.8, 4) is 0 Å². The highest BCUT2D eigenvalue weighted by molar-refractivity contribution is 6.36. The lowest BCUT2D eigenvalue weighted by Crippen LogP contribution is -2.57. The quantitative estimate of drug-likeness (QED) is 0.161. The van der Waals surface area contributed by atoms with E-state index in [0.717, 1.165) is 16.0 Å². The maximum Gasteiger partial charge on any atom is 0.330 e. The van der Waals surface area contributed by atoms with Crippen molar-refractivity contribution in [2.45, 2.75) is 28.8 Å². The smallest absolute Gasteiger partial charge is 0.330 e. The fourth-order valence-electron chi connectivity index (χ4n) is 6.94. The minimum Gasteiger partial charge on any atom is -0.459 e. The van der Waals surface area contributed by atoms with E-state index < -0.39 is 45.4 Å². The van der Waals surface area contributed by atoms with Crippen LogP contribution in [0.5, 0.6) is 0 Å². The molecule has 0 aromatic heterocycles. The van der Waals surface area contributed by atoms with E-state index in [9.17, 15) is 14.4 Å². The molecule has 1 fully saturated rings. The highest BCUT2D eigenvalue weighted by atomic mass is 35.5. The van der Waals surface area contributed by atoms with Gasteiger partial charge in [-0.05, 0) is 33.4 Å². The number of imide groups is 1. The van der Waals surface area contributed by atoms with E-state index in [1.807, 2.05) is 109 Å². The first kappa shape index (κ1) is 26.0. The van der Waals surface area contributed by atoms with Crippen molar-refractivity contribution in [2.24, 2.45) is 11.8 Å². The van der Waals surface area contributed by atoms with Crippen LogP contribution in [0.3, 0.4) is 0 Å². The summed E-state index contributed by atoms with van der Waals surface area (Å²) in [6, 6.07) is 32.3. The van der Waals surface area contributed by atoms with Crippen LogP contribution in [0.2, 0.25) is 0 Å². The number of benzene rings is 4. The Morgan fingerprint density at radius 3 is 1.49 bits per heavy atom. The van der Waals surface area contributed by atoms with E-state index in [0.29, 0.717) is 22.3 Å². The molecule has 5 nitrogen and oxygen atoms in total. The molecular formula is C34H25Cl2NO4. The Balaban J connectivity index is 1.33. The summed E-state index contributed by atoms with van der Waals surface area (Å²) < 4.78 is 5.72. The number of carbonyl (C=O) groups excluding carboxylic acids is 3. The first-order valence-electron chi connectivity index (χ1n) is 13.6. The van der Waals surface area contributed by atoms with Gasteiger partial charge in [-0.2, -0.15) is 0 Å². The van der Waals surface area contributed by atoms with Crippen LogP contribution in [0.1, 0.15) is 33.4 Å². The molecule has 3 aliphatic carbocycles. The van der Waals surface area contributed by atoms with E-state index in [4.69, 9.17) is 27.9 Å². The SMILES string of the molecule is O=C(OCc1ccccc1)[C@H](Cc1ccccc1)N1C(=O)[C@@H]2[C@@H](C1=O)C1(Cl)c3ccccc3C2(Cl)c2ccccc21. The van der Waals surface area contributed by atoms with Gasteiger partial charge in [0.15, 0.2) is 0 Å². The molecule has 4 aromatic carbocycles. The van der Waals surface area contributed by atoms with Gasteiger partial charge in [-0.25, -0.2) is 4.79 Å². The van der Waals surface area contributed by atoms with E-state index in [1.165, 1.54) is 0 Å². The molecule has 41 heavy (non-hydrogen) atoms. The highest BCUT2D eigenvalue weighted by Crippen LogP contribution is 2.69. The van der Waals surface area contributed by atoms with Crippen LogP contribution < -0.4 is 0 Å². The van der Waals surface area contributed by atoms with Gasteiger partial charge in [0.2, 0.25) is 11.8 Å². The number of amides is 2. The summed E-state index contributed by atoms with van der Waals surface area (Å²) in [7, 11) is 0. The largest absolute Gasteiger partial charge is 0.459 e. The highest BCUT2D eigenvalue weighted by Gasteiger charge is 2.73. The molecule has 1 saturated heterocycles. The third-order valence-corrected chi connectivity index (χ3v) is 9.98. The Bertz CT molecular complexity index is 1570. The molecule has 0 radical (unpaired) electrons. The van der Waals surface area contributed by atoms with Gasteiger partial charge in [0, 0.05) is 6.42 Å². The fraction of sp³-hybridized carbons (Fsp3) is 0.206. The number of ether oxygens (including phenoxy) is 1. The Morgan fingerprint density at radius 1 is 0.659 bits per heavy atom. The predicted octanol–water partition coefficient (Wildman–Crippen LogP) is 5.93. The number of carbonyl (C=O) groups is 3. The molecule has 1 aliphatic heterocycles. The van der Waals surface area contributed by atoms with Gasteiger partial charge in [-0.1, -0.05) is 109 Å². The summed E-state index contributed by atoms with van der Waals surface area (Å²) in [6.45, 7) is 0.0177. The van der Waals surface area contributed by atoms with Gasteiger partial charge >= 0.3 is 5.97 Å². The monoisotopic (exact) mass is 581 g/mol. The van der Waals surface area contributed by atoms with Crippen LogP contribution >= 0.6 is 23.2 Å². The third kappa shape index (κ3) is 3.65. The maximum atomic E-state index is 14.5. The number of hydrogen-bond donors (Lipinski definition) is 0. The summed E-state index contributed by atoms with van der Waals surface area (Å²) in [5.74, 6) is -3.66. The summed E-state index contributed by atoms with van der Waals surface area (Å²) in [6.07, 6.45) is 0.107. The lowest BCUT2D eigenvalue weighted by molar-refractivity contribution is -0.159. The van der Waals surface area contributed by atoms with Crippen LogP contribution in [0.4, 0.5) is 0 Å².